The van der Waals surface area contributed by atoms with Crippen molar-refractivity contribution in [1.29, 1.82) is 0 Å². The van der Waals surface area contributed by atoms with Crippen LogP contribution >= 0.6 is 0 Å². The Balaban J connectivity index is 1.81. The molecule has 1 N–H and O–H groups in total. The molecule has 0 spiro atoms. The summed E-state index contributed by atoms with van der Waals surface area (Å²) in [6, 6.07) is 0.122. The van der Waals surface area contributed by atoms with Crippen LogP contribution in [0.1, 0.15) is 60.8 Å². The van der Waals surface area contributed by atoms with Crippen LogP contribution in [-0.2, 0) is 9.53 Å². The summed E-state index contributed by atoms with van der Waals surface area (Å²) in [5, 5.41) is 3.28. The molecule has 0 radical (unpaired) electrons. The highest BCUT2D eigenvalue weighted by Crippen LogP contribution is 2.29. The molecular formula is C20H37N3O3. The molecule has 2 rings (SSSR count). The molecule has 0 bridgehead atoms. The summed E-state index contributed by atoms with van der Waals surface area (Å²) >= 11 is 0. The zero-order valence-corrected chi connectivity index (χ0v) is 17.4. The van der Waals surface area contributed by atoms with E-state index in [4.69, 9.17) is 4.74 Å². The zero-order chi connectivity index (χ0) is 19.5. The number of hydrogen-bond donors (Lipinski definition) is 1. The number of nitrogens with one attached hydrogen (secondary N) is 1. The summed E-state index contributed by atoms with van der Waals surface area (Å²) in [6.07, 6.45) is 3.27. The number of amides is 2. The molecule has 0 aromatic carbocycles. The molecule has 6 nitrogen and oxygen atoms in total. The van der Waals surface area contributed by atoms with Gasteiger partial charge < -0.3 is 15.0 Å². The van der Waals surface area contributed by atoms with E-state index in [0.717, 1.165) is 6.42 Å². The maximum atomic E-state index is 12.7. The van der Waals surface area contributed by atoms with Gasteiger partial charge in [-0.2, -0.15) is 0 Å². The van der Waals surface area contributed by atoms with Crippen molar-refractivity contribution in [2.45, 2.75) is 78.5 Å². The highest BCUT2D eigenvalue weighted by molar-refractivity contribution is 5.81. The Labute approximate surface area is 158 Å². The van der Waals surface area contributed by atoms with Crippen LogP contribution in [0.15, 0.2) is 0 Å². The lowest BCUT2D eigenvalue weighted by Crippen LogP contribution is -2.57. The lowest BCUT2D eigenvalue weighted by Gasteiger charge is -2.39. The molecule has 4 atom stereocenters. The number of piperazine rings is 1. The SMILES string of the molecule is CC1CCCC(NC(=O)C(C)N2CCN(C(=O)OC(C)(C)C)CC2)C1C. The van der Waals surface area contributed by atoms with E-state index in [1.54, 1.807) is 4.90 Å². The number of ether oxygens (including phenoxy) is 1. The van der Waals surface area contributed by atoms with Crippen molar-refractivity contribution in [2.75, 3.05) is 26.2 Å². The van der Waals surface area contributed by atoms with Gasteiger partial charge in [-0.05, 0) is 46.0 Å². The van der Waals surface area contributed by atoms with Gasteiger partial charge in [0.15, 0.2) is 0 Å². The third kappa shape index (κ3) is 5.60. The van der Waals surface area contributed by atoms with E-state index in [2.05, 4.69) is 24.1 Å². The van der Waals surface area contributed by atoms with Crippen molar-refractivity contribution in [3.05, 3.63) is 0 Å². The minimum absolute atomic E-state index is 0.113. The van der Waals surface area contributed by atoms with Gasteiger partial charge in [0.05, 0.1) is 6.04 Å². The molecule has 1 heterocycles. The van der Waals surface area contributed by atoms with Gasteiger partial charge in [-0.15, -0.1) is 0 Å². The molecule has 2 fully saturated rings. The molecule has 1 aliphatic heterocycles. The van der Waals surface area contributed by atoms with Crippen LogP contribution < -0.4 is 5.32 Å². The third-order valence-corrected chi connectivity index (χ3v) is 5.93. The smallest absolute Gasteiger partial charge is 0.410 e. The standard InChI is InChI=1S/C20H37N3O3/c1-14-8-7-9-17(15(14)2)21-18(24)16(3)22-10-12-23(13-11-22)19(25)26-20(4,5)6/h14-17H,7-13H2,1-6H3,(H,21,24). The molecule has 1 saturated carbocycles. The normalized spacial score (nSPS) is 29.2. The molecular weight excluding hydrogens is 330 g/mol. The summed E-state index contributed by atoms with van der Waals surface area (Å²) in [5.74, 6) is 1.31. The molecule has 2 amide bonds. The second-order valence-corrected chi connectivity index (χ2v) is 9.06. The van der Waals surface area contributed by atoms with Crippen LogP contribution in [0.3, 0.4) is 0 Å². The molecule has 2 aliphatic rings. The molecule has 6 heteroatoms. The molecule has 1 saturated heterocycles. The van der Waals surface area contributed by atoms with E-state index in [0.29, 0.717) is 38.0 Å². The van der Waals surface area contributed by atoms with Gasteiger partial charge in [-0.3, -0.25) is 9.69 Å². The maximum Gasteiger partial charge on any atom is 0.410 e. The first kappa shape index (κ1) is 21.0. The van der Waals surface area contributed by atoms with Crippen molar-refractivity contribution in [3.8, 4) is 0 Å². The van der Waals surface area contributed by atoms with E-state index in [1.807, 2.05) is 27.7 Å². The summed E-state index contributed by atoms with van der Waals surface area (Å²) in [5.41, 5.74) is -0.477. The topological polar surface area (TPSA) is 61.9 Å². The van der Waals surface area contributed by atoms with Gasteiger partial charge in [-0.1, -0.05) is 26.7 Å². The van der Waals surface area contributed by atoms with Gasteiger partial charge in [0, 0.05) is 32.2 Å². The first-order valence-corrected chi connectivity index (χ1v) is 10.1. The van der Waals surface area contributed by atoms with E-state index >= 15 is 0 Å². The van der Waals surface area contributed by atoms with Gasteiger partial charge >= 0.3 is 6.09 Å². The fourth-order valence-electron chi connectivity index (χ4n) is 3.87. The Bertz CT molecular complexity index is 495. The predicted octanol–water partition coefficient (Wildman–Crippen LogP) is 2.87. The molecule has 0 aromatic heterocycles. The summed E-state index contributed by atoms with van der Waals surface area (Å²) in [7, 11) is 0. The Morgan fingerprint density at radius 2 is 1.69 bits per heavy atom. The summed E-state index contributed by atoms with van der Waals surface area (Å²) < 4.78 is 5.43. The molecule has 0 aromatic rings. The molecule has 4 unspecified atom stereocenters. The average molecular weight is 368 g/mol. The minimum Gasteiger partial charge on any atom is -0.444 e. The monoisotopic (exact) mass is 367 g/mol. The Hall–Kier alpha value is -1.30. The minimum atomic E-state index is -0.477. The van der Waals surface area contributed by atoms with Crippen LogP contribution in [0.2, 0.25) is 0 Å². The number of rotatable bonds is 3. The Morgan fingerprint density at radius 1 is 1.08 bits per heavy atom. The average Bonchev–Trinajstić information content (AvgIpc) is 2.57. The van der Waals surface area contributed by atoms with E-state index in [9.17, 15) is 9.59 Å². The first-order chi connectivity index (χ1) is 12.1. The van der Waals surface area contributed by atoms with E-state index < -0.39 is 5.60 Å². The molecule has 150 valence electrons. The first-order valence-electron chi connectivity index (χ1n) is 10.1. The van der Waals surface area contributed by atoms with Crippen molar-refractivity contribution in [1.82, 2.24) is 15.1 Å². The van der Waals surface area contributed by atoms with Crippen LogP contribution in [0.25, 0.3) is 0 Å². The summed E-state index contributed by atoms with van der Waals surface area (Å²) in [4.78, 5) is 28.8. The largest absolute Gasteiger partial charge is 0.444 e. The maximum absolute atomic E-state index is 12.7. The molecule has 1 aliphatic carbocycles. The fourth-order valence-corrected chi connectivity index (χ4v) is 3.87. The van der Waals surface area contributed by atoms with E-state index in [-0.39, 0.29) is 24.1 Å². The number of carbonyl (C=O) groups is 2. The van der Waals surface area contributed by atoms with Crippen molar-refractivity contribution in [3.63, 3.8) is 0 Å². The van der Waals surface area contributed by atoms with E-state index in [1.165, 1.54) is 12.8 Å². The fraction of sp³-hybridized carbons (Fsp3) is 0.900. The van der Waals surface area contributed by atoms with Crippen molar-refractivity contribution >= 4 is 12.0 Å². The second-order valence-electron chi connectivity index (χ2n) is 9.06. The number of nitrogens with zero attached hydrogens (tertiary/aromatic N) is 2. The van der Waals surface area contributed by atoms with Crippen LogP contribution in [-0.4, -0.2) is 65.7 Å². The summed E-state index contributed by atoms with van der Waals surface area (Å²) in [6.45, 7) is 14.7. The van der Waals surface area contributed by atoms with Crippen LogP contribution in [0.4, 0.5) is 4.79 Å². The highest BCUT2D eigenvalue weighted by atomic mass is 16.6. The van der Waals surface area contributed by atoms with Crippen LogP contribution in [0.5, 0.6) is 0 Å². The van der Waals surface area contributed by atoms with Gasteiger partial charge in [0.1, 0.15) is 5.60 Å². The van der Waals surface area contributed by atoms with Crippen molar-refractivity contribution in [2.24, 2.45) is 11.8 Å². The van der Waals surface area contributed by atoms with Gasteiger partial charge in [-0.25, -0.2) is 4.79 Å². The predicted molar refractivity (Wildman–Crippen MR) is 103 cm³/mol. The van der Waals surface area contributed by atoms with Gasteiger partial charge in [0.25, 0.3) is 0 Å². The van der Waals surface area contributed by atoms with Crippen LogP contribution in [0, 0.1) is 11.8 Å². The quantitative estimate of drug-likeness (QED) is 0.833. The Morgan fingerprint density at radius 3 is 2.27 bits per heavy atom. The lowest BCUT2D eigenvalue weighted by atomic mass is 9.78. The highest BCUT2D eigenvalue weighted by Gasteiger charge is 2.33. The number of carbonyl (C=O) groups excluding carboxylic acids is 2. The molecule has 26 heavy (non-hydrogen) atoms. The Kier molecular flexibility index (Phi) is 6.94. The number of hydrogen-bond acceptors (Lipinski definition) is 4. The van der Waals surface area contributed by atoms with Crippen molar-refractivity contribution < 1.29 is 14.3 Å². The zero-order valence-electron chi connectivity index (χ0n) is 17.4. The lowest BCUT2D eigenvalue weighted by molar-refractivity contribution is -0.128. The second kappa shape index (κ2) is 8.59. The van der Waals surface area contributed by atoms with Gasteiger partial charge in [0.2, 0.25) is 5.91 Å². The third-order valence-electron chi connectivity index (χ3n) is 5.93.